The van der Waals surface area contributed by atoms with Gasteiger partial charge < -0.3 is 9.30 Å². The van der Waals surface area contributed by atoms with Crippen molar-refractivity contribution >= 4 is 17.5 Å². The second-order valence-electron chi connectivity index (χ2n) is 5.32. The second kappa shape index (κ2) is 7.07. The van der Waals surface area contributed by atoms with Crippen molar-refractivity contribution in [3.8, 4) is 0 Å². The van der Waals surface area contributed by atoms with Gasteiger partial charge in [0.05, 0.1) is 11.9 Å². The fourth-order valence-corrected chi connectivity index (χ4v) is 3.82. The minimum Gasteiger partial charge on any atom is -0.383 e. The standard InChI is InChI=1S/C16H19N3O2S/c1-21-10-9-19-11-17-18-16(19)22-14-8-4-6-12-5-2-3-7-13(12)15(14)20/h2-3,5,7,11,14H,4,6,8-10H2,1H3/t14-/m0/s1. The van der Waals surface area contributed by atoms with E-state index in [0.717, 1.165) is 35.5 Å². The van der Waals surface area contributed by atoms with Crippen molar-refractivity contribution in [1.82, 2.24) is 14.8 Å². The summed E-state index contributed by atoms with van der Waals surface area (Å²) in [6.07, 6.45) is 4.55. The van der Waals surface area contributed by atoms with Crippen LogP contribution < -0.4 is 0 Å². The normalized spacial score (nSPS) is 18.0. The summed E-state index contributed by atoms with van der Waals surface area (Å²) in [7, 11) is 1.67. The Bertz CT molecular complexity index is 656. The summed E-state index contributed by atoms with van der Waals surface area (Å²) >= 11 is 1.52. The second-order valence-corrected chi connectivity index (χ2v) is 6.49. The predicted molar refractivity (Wildman–Crippen MR) is 85.3 cm³/mol. The zero-order valence-electron chi connectivity index (χ0n) is 12.6. The largest absolute Gasteiger partial charge is 0.383 e. The van der Waals surface area contributed by atoms with Crippen molar-refractivity contribution in [2.24, 2.45) is 0 Å². The molecule has 0 saturated heterocycles. The summed E-state index contributed by atoms with van der Waals surface area (Å²) in [6, 6.07) is 7.93. The van der Waals surface area contributed by atoms with Crippen LogP contribution in [0.2, 0.25) is 0 Å². The first-order valence-corrected chi connectivity index (χ1v) is 8.33. The molecule has 116 valence electrons. The molecule has 1 atom stereocenters. The van der Waals surface area contributed by atoms with E-state index in [-0.39, 0.29) is 11.0 Å². The molecule has 1 aliphatic rings. The molecule has 0 N–H and O–H groups in total. The molecule has 0 fully saturated rings. The summed E-state index contributed by atoms with van der Waals surface area (Å²) in [5.41, 5.74) is 2.02. The van der Waals surface area contributed by atoms with Crippen LogP contribution in [-0.2, 0) is 17.7 Å². The monoisotopic (exact) mass is 317 g/mol. The van der Waals surface area contributed by atoms with Gasteiger partial charge in [-0.05, 0) is 24.8 Å². The number of ether oxygens (including phenoxy) is 1. The maximum Gasteiger partial charge on any atom is 0.191 e. The first-order valence-electron chi connectivity index (χ1n) is 7.45. The van der Waals surface area contributed by atoms with Crippen LogP contribution in [0.3, 0.4) is 0 Å². The molecule has 0 unspecified atom stereocenters. The van der Waals surface area contributed by atoms with E-state index < -0.39 is 0 Å². The van der Waals surface area contributed by atoms with Gasteiger partial charge in [-0.15, -0.1) is 10.2 Å². The zero-order chi connectivity index (χ0) is 15.4. The quantitative estimate of drug-likeness (QED) is 0.793. The number of aryl methyl sites for hydroxylation is 1. The summed E-state index contributed by atoms with van der Waals surface area (Å²) < 4.78 is 7.04. The topological polar surface area (TPSA) is 57.0 Å². The van der Waals surface area contributed by atoms with E-state index in [1.165, 1.54) is 11.8 Å². The fraction of sp³-hybridized carbons (Fsp3) is 0.438. The van der Waals surface area contributed by atoms with Gasteiger partial charge in [0.1, 0.15) is 6.33 Å². The first kappa shape index (κ1) is 15.2. The smallest absolute Gasteiger partial charge is 0.191 e. The Labute approximate surface area is 134 Å². The molecule has 0 aliphatic heterocycles. The SMILES string of the molecule is COCCn1cnnc1S[C@H]1CCCc2ccccc2C1=O. The number of carbonyl (C=O) groups is 1. The van der Waals surface area contributed by atoms with Gasteiger partial charge in [-0.3, -0.25) is 4.79 Å². The number of aromatic nitrogens is 3. The van der Waals surface area contributed by atoms with Crippen LogP contribution in [0.1, 0.15) is 28.8 Å². The van der Waals surface area contributed by atoms with Crippen LogP contribution in [0.15, 0.2) is 35.7 Å². The molecule has 2 aromatic rings. The van der Waals surface area contributed by atoms with Crippen molar-refractivity contribution in [1.29, 1.82) is 0 Å². The Hall–Kier alpha value is -1.66. The third-order valence-corrected chi connectivity index (χ3v) is 5.11. The Morgan fingerprint density at radius 2 is 2.27 bits per heavy atom. The molecule has 5 nitrogen and oxygen atoms in total. The highest BCUT2D eigenvalue weighted by Gasteiger charge is 2.27. The number of hydrogen-bond donors (Lipinski definition) is 0. The molecule has 1 aliphatic carbocycles. The maximum absolute atomic E-state index is 12.8. The van der Waals surface area contributed by atoms with E-state index in [4.69, 9.17) is 4.74 Å². The van der Waals surface area contributed by atoms with E-state index in [1.54, 1.807) is 13.4 Å². The molecule has 0 bridgehead atoms. The first-order chi connectivity index (χ1) is 10.8. The molecule has 3 rings (SSSR count). The molecule has 6 heteroatoms. The molecule has 1 heterocycles. The number of rotatable bonds is 5. The molecule has 0 amide bonds. The summed E-state index contributed by atoms with van der Waals surface area (Å²) in [6.45, 7) is 1.30. The highest BCUT2D eigenvalue weighted by atomic mass is 32.2. The Morgan fingerprint density at radius 3 is 3.14 bits per heavy atom. The Morgan fingerprint density at radius 1 is 1.41 bits per heavy atom. The predicted octanol–water partition coefficient (Wildman–Crippen LogP) is 2.60. The van der Waals surface area contributed by atoms with Crippen LogP contribution in [0.4, 0.5) is 0 Å². The molecular weight excluding hydrogens is 298 g/mol. The number of methoxy groups -OCH3 is 1. The van der Waals surface area contributed by atoms with Crippen LogP contribution >= 0.6 is 11.8 Å². The van der Waals surface area contributed by atoms with Crippen molar-refractivity contribution < 1.29 is 9.53 Å². The molecular formula is C16H19N3O2S. The average molecular weight is 317 g/mol. The lowest BCUT2D eigenvalue weighted by Crippen LogP contribution is -2.17. The van der Waals surface area contributed by atoms with E-state index in [1.807, 2.05) is 22.8 Å². The fourth-order valence-electron chi connectivity index (χ4n) is 2.68. The number of nitrogens with zero attached hydrogens (tertiary/aromatic N) is 3. The van der Waals surface area contributed by atoms with Gasteiger partial charge in [-0.25, -0.2) is 0 Å². The van der Waals surface area contributed by atoms with Gasteiger partial charge in [0, 0.05) is 19.2 Å². The lowest BCUT2D eigenvalue weighted by Gasteiger charge is -2.13. The molecule has 1 aromatic heterocycles. The number of Topliss-reactive ketones (excluding diaryl/α,β-unsaturated/α-hetero) is 1. The Kier molecular flexibility index (Phi) is 4.90. The maximum atomic E-state index is 12.8. The number of thioether (sulfide) groups is 1. The van der Waals surface area contributed by atoms with Crippen LogP contribution in [0.25, 0.3) is 0 Å². The Balaban J connectivity index is 1.78. The van der Waals surface area contributed by atoms with E-state index in [9.17, 15) is 4.79 Å². The molecule has 22 heavy (non-hydrogen) atoms. The van der Waals surface area contributed by atoms with Gasteiger partial charge in [-0.2, -0.15) is 0 Å². The highest BCUT2D eigenvalue weighted by Crippen LogP contribution is 2.31. The van der Waals surface area contributed by atoms with Gasteiger partial charge >= 0.3 is 0 Å². The van der Waals surface area contributed by atoms with Crippen LogP contribution in [-0.4, -0.2) is 39.5 Å². The highest BCUT2D eigenvalue weighted by molar-refractivity contribution is 8.00. The minimum atomic E-state index is -0.0888. The minimum absolute atomic E-state index is 0.0888. The summed E-state index contributed by atoms with van der Waals surface area (Å²) in [5.74, 6) is 0.208. The van der Waals surface area contributed by atoms with E-state index >= 15 is 0 Å². The summed E-state index contributed by atoms with van der Waals surface area (Å²) in [5, 5.41) is 8.81. The average Bonchev–Trinajstić information content (AvgIpc) is 2.92. The van der Waals surface area contributed by atoms with E-state index in [2.05, 4.69) is 16.3 Å². The number of carbonyl (C=O) groups excluding carboxylic acids is 1. The van der Waals surface area contributed by atoms with Gasteiger partial charge in [-0.1, -0.05) is 36.0 Å². The van der Waals surface area contributed by atoms with Gasteiger partial charge in [0.2, 0.25) is 0 Å². The third-order valence-electron chi connectivity index (χ3n) is 3.85. The zero-order valence-corrected chi connectivity index (χ0v) is 13.4. The van der Waals surface area contributed by atoms with Crippen molar-refractivity contribution in [2.75, 3.05) is 13.7 Å². The lowest BCUT2D eigenvalue weighted by molar-refractivity contribution is 0.0988. The van der Waals surface area contributed by atoms with Gasteiger partial charge in [0.15, 0.2) is 10.9 Å². The van der Waals surface area contributed by atoms with Crippen molar-refractivity contribution in [3.05, 3.63) is 41.7 Å². The third kappa shape index (κ3) is 3.23. The number of fused-ring (bicyclic) bond motifs is 1. The summed E-state index contributed by atoms with van der Waals surface area (Å²) in [4.78, 5) is 12.8. The molecule has 0 radical (unpaired) electrons. The number of ketones is 1. The lowest BCUT2D eigenvalue weighted by atomic mass is 10.0. The number of benzene rings is 1. The number of hydrogen-bond acceptors (Lipinski definition) is 5. The van der Waals surface area contributed by atoms with Crippen molar-refractivity contribution in [3.63, 3.8) is 0 Å². The van der Waals surface area contributed by atoms with E-state index in [0.29, 0.717) is 13.2 Å². The van der Waals surface area contributed by atoms with Crippen LogP contribution in [0.5, 0.6) is 0 Å². The molecule has 1 aromatic carbocycles. The molecule has 0 saturated carbocycles. The van der Waals surface area contributed by atoms with Crippen LogP contribution in [0, 0.1) is 0 Å². The van der Waals surface area contributed by atoms with Gasteiger partial charge in [0.25, 0.3) is 0 Å². The van der Waals surface area contributed by atoms with Crippen molar-refractivity contribution in [2.45, 2.75) is 36.2 Å². The molecule has 0 spiro atoms.